The normalized spacial score (nSPS) is 14.6. The highest BCUT2D eigenvalue weighted by Crippen LogP contribution is 2.45. The van der Waals surface area contributed by atoms with Gasteiger partial charge in [-0.25, -0.2) is 4.79 Å². The molecule has 0 radical (unpaired) electrons. The molecule has 13 heteroatoms. The molecule has 1 saturated heterocycles. The lowest BCUT2D eigenvalue weighted by Gasteiger charge is -2.32. The molecule has 3 aromatic carbocycles. The summed E-state index contributed by atoms with van der Waals surface area (Å²) in [6.07, 6.45) is 2.77. The monoisotopic (exact) mass is 789 g/mol. The number of hydrogen-bond donors (Lipinski definition) is 3. The quantitative estimate of drug-likeness (QED) is 0.114. The number of aromatic nitrogens is 2. The van der Waals surface area contributed by atoms with Gasteiger partial charge in [0, 0.05) is 72.2 Å². The Morgan fingerprint density at radius 1 is 0.895 bits per heavy atom. The first-order valence-electron chi connectivity index (χ1n) is 19.7. The van der Waals surface area contributed by atoms with Crippen LogP contribution in [0.5, 0.6) is 11.5 Å². The largest absolute Gasteiger partial charge is 0.492 e. The summed E-state index contributed by atoms with van der Waals surface area (Å²) in [7, 11) is 5.81. The Labute approximate surface area is 336 Å². The van der Waals surface area contributed by atoms with Crippen LogP contribution in [0.1, 0.15) is 58.8 Å². The van der Waals surface area contributed by atoms with E-state index >= 15 is 0 Å². The standard InChI is InChI=1S/C44H51N7O5S/c1-27-24-57-40-38(56-43(54)49(6)26-44(2,3)25-48(4)5)23-37-32(39(27)40)13-16-51(37)42(53)36-22-28-19-30(9-11-33(28)47-36)45-41(52)35-21-29-20-31(10-12-34(29)46-35)55-18-17-50-14-7-8-15-50/h9-12,19-24,46-47H,7-8,13-18,25-26H2,1-6H3,(H,45,52). The maximum absolute atomic E-state index is 14.2. The lowest BCUT2D eigenvalue weighted by Crippen LogP contribution is -2.42. The van der Waals surface area contributed by atoms with E-state index in [4.69, 9.17) is 9.47 Å². The van der Waals surface area contributed by atoms with E-state index in [-0.39, 0.29) is 17.2 Å². The number of aryl methyl sites for hydroxylation is 1. The number of nitrogens with zero attached hydrogens (tertiary/aromatic N) is 4. The number of anilines is 2. The van der Waals surface area contributed by atoms with Gasteiger partial charge in [0.25, 0.3) is 11.8 Å². The maximum atomic E-state index is 14.2. The van der Waals surface area contributed by atoms with E-state index in [9.17, 15) is 14.4 Å². The predicted molar refractivity (Wildman–Crippen MR) is 229 cm³/mol. The number of likely N-dealkylation sites (tertiary alicyclic amines) is 1. The lowest BCUT2D eigenvalue weighted by atomic mass is 9.92. The summed E-state index contributed by atoms with van der Waals surface area (Å²) in [6.45, 7) is 12.0. The Bertz CT molecular complexity index is 2490. The molecule has 57 heavy (non-hydrogen) atoms. The first kappa shape index (κ1) is 38.5. The van der Waals surface area contributed by atoms with E-state index < -0.39 is 6.09 Å². The molecular weight excluding hydrogens is 739 g/mol. The van der Waals surface area contributed by atoms with Crippen LogP contribution < -0.4 is 19.7 Å². The Hall–Kier alpha value is -5.37. The molecule has 298 valence electrons. The van der Waals surface area contributed by atoms with E-state index in [0.29, 0.717) is 48.9 Å². The van der Waals surface area contributed by atoms with Crippen LogP contribution in [-0.4, -0.2) is 110 Å². The molecule has 0 bridgehead atoms. The summed E-state index contributed by atoms with van der Waals surface area (Å²) in [5, 5.41) is 7.82. The molecule has 0 atom stereocenters. The highest BCUT2D eigenvalue weighted by atomic mass is 32.1. The molecule has 0 saturated carbocycles. The molecule has 12 nitrogen and oxygen atoms in total. The number of carbonyl (C=O) groups is 3. The van der Waals surface area contributed by atoms with Crippen molar-refractivity contribution >= 4 is 72.5 Å². The molecule has 5 heterocycles. The number of thiophene rings is 1. The fourth-order valence-electron chi connectivity index (χ4n) is 8.61. The molecule has 6 aromatic rings. The number of rotatable bonds is 12. The number of amides is 3. The van der Waals surface area contributed by atoms with Crippen LogP contribution in [0.4, 0.5) is 16.2 Å². The average Bonchev–Trinajstić information content (AvgIpc) is 4.00. The van der Waals surface area contributed by atoms with Crippen LogP contribution in [0.3, 0.4) is 0 Å². The van der Waals surface area contributed by atoms with E-state index in [1.807, 2.05) is 68.7 Å². The third kappa shape index (κ3) is 8.09. The maximum Gasteiger partial charge on any atom is 0.415 e. The Balaban J connectivity index is 0.965. The molecule has 1 fully saturated rings. The number of benzene rings is 3. The Kier molecular flexibility index (Phi) is 10.5. The second kappa shape index (κ2) is 15.5. The van der Waals surface area contributed by atoms with E-state index in [1.165, 1.54) is 12.8 Å². The third-order valence-electron chi connectivity index (χ3n) is 10.9. The molecule has 2 aliphatic rings. The van der Waals surface area contributed by atoms with Gasteiger partial charge in [0.2, 0.25) is 0 Å². The number of fused-ring (bicyclic) bond motifs is 5. The van der Waals surface area contributed by atoms with Crippen LogP contribution in [-0.2, 0) is 6.42 Å². The van der Waals surface area contributed by atoms with Crippen LogP contribution in [0.15, 0.2) is 60.0 Å². The SMILES string of the molecule is Cc1csc2c(OC(=O)N(C)CC(C)(C)CN(C)C)cc3c(c12)CCN3C(=O)c1cc2cc(NC(=O)c3cc4cc(OCCN5CCCC5)ccc4[nH]3)ccc2[nH]1. The van der Waals surface area contributed by atoms with Crippen LogP contribution in [0.25, 0.3) is 31.9 Å². The topological polar surface area (TPSA) is 126 Å². The number of aromatic amines is 2. The predicted octanol–water partition coefficient (Wildman–Crippen LogP) is 8.12. The van der Waals surface area contributed by atoms with Crippen LogP contribution in [0, 0.1) is 12.3 Å². The van der Waals surface area contributed by atoms with Crippen molar-refractivity contribution in [2.75, 3.05) is 77.2 Å². The molecule has 8 rings (SSSR count). The summed E-state index contributed by atoms with van der Waals surface area (Å²) < 4.78 is 13.0. The summed E-state index contributed by atoms with van der Waals surface area (Å²) in [5.41, 5.74) is 5.89. The van der Waals surface area contributed by atoms with Crippen molar-refractivity contribution in [2.45, 2.75) is 40.0 Å². The number of carbonyl (C=O) groups excluding carboxylic acids is 3. The van der Waals surface area contributed by atoms with Crippen molar-refractivity contribution < 1.29 is 23.9 Å². The fraction of sp³-hybridized carbons (Fsp3) is 0.386. The van der Waals surface area contributed by atoms with Gasteiger partial charge in [-0.3, -0.25) is 14.5 Å². The Morgan fingerprint density at radius 3 is 2.39 bits per heavy atom. The van der Waals surface area contributed by atoms with Crippen molar-refractivity contribution in [3.63, 3.8) is 0 Å². The molecular formula is C44H51N7O5S. The molecule has 3 N–H and O–H groups in total. The molecule has 0 spiro atoms. The zero-order valence-corrected chi connectivity index (χ0v) is 34.4. The first-order valence-corrected chi connectivity index (χ1v) is 20.6. The highest BCUT2D eigenvalue weighted by molar-refractivity contribution is 7.17. The van der Waals surface area contributed by atoms with E-state index in [0.717, 1.165) is 80.6 Å². The molecule has 0 unspecified atom stereocenters. The minimum atomic E-state index is -0.435. The second-order valence-corrected chi connectivity index (χ2v) is 17.5. The number of ether oxygens (including phenoxy) is 2. The average molecular weight is 790 g/mol. The van der Waals surface area contributed by atoms with Crippen molar-refractivity contribution in [1.29, 1.82) is 0 Å². The molecule has 0 aliphatic carbocycles. The third-order valence-corrected chi connectivity index (χ3v) is 12.1. The van der Waals surface area contributed by atoms with E-state index in [1.54, 1.807) is 28.2 Å². The first-order chi connectivity index (χ1) is 27.3. The summed E-state index contributed by atoms with van der Waals surface area (Å²) in [6, 6.07) is 16.9. The number of nitrogens with one attached hydrogen (secondary N) is 3. The van der Waals surface area contributed by atoms with Gasteiger partial charge in [-0.2, -0.15) is 0 Å². The highest BCUT2D eigenvalue weighted by Gasteiger charge is 2.32. The van der Waals surface area contributed by atoms with Crippen LogP contribution in [0.2, 0.25) is 0 Å². The second-order valence-electron chi connectivity index (χ2n) is 16.6. The van der Waals surface area contributed by atoms with Crippen LogP contribution >= 0.6 is 11.3 Å². The van der Waals surface area contributed by atoms with Gasteiger partial charge < -0.3 is 39.5 Å². The van der Waals surface area contributed by atoms with Crippen molar-refractivity contribution in [3.05, 3.63) is 82.5 Å². The molecule has 3 aromatic heterocycles. The number of hydrogen-bond acceptors (Lipinski definition) is 8. The van der Waals surface area contributed by atoms with Gasteiger partial charge in [-0.1, -0.05) is 13.8 Å². The smallest absolute Gasteiger partial charge is 0.415 e. The van der Waals surface area contributed by atoms with Gasteiger partial charge in [-0.15, -0.1) is 11.3 Å². The molecule has 3 amide bonds. The van der Waals surface area contributed by atoms with Gasteiger partial charge in [0.1, 0.15) is 23.7 Å². The van der Waals surface area contributed by atoms with Gasteiger partial charge >= 0.3 is 6.09 Å². The van der Waals surface area contributed by atoms with Gasteiger partial charge in [-0.05, 0) is 124 Å². The molecule has 2 aliphatic heterocycles. The zero-order chi connectivity index (χ0) is 40.0. The number of H-pyrrole nitrogens is 2. The van der Waals surface area contributed by atoms with Gasteiger partial charge in [0.15, 0.2) is 5.75 Å². The summed E-state index contributed by atoms with van der Waals surface area (Å²) >= 11 is 1.55. The van der Waals surface area contributed by atoms with Crippen molar-refractivity contribution in [1.82, 2.24) is 24.7 Å². The fourth-order valence-corrected chi connectivity index (χ4v) is 9.64. The van der Waals surface area contributed by atoms with Crippen molar-refractivity contribution in [3.8, 4) is 11.5 Å². The lowest BCUT2D eigenvalue weighted by molar-refractivity contribution is 0.0983. The summed E-state index contributed by atoms with van der Waals surface area (Å²) in [5.74, 6) is 0.792. The Morgan fingerprint density at radius 2 is 1.61 bits per heavy atom. The van der Waals surface area contributed by atoms with Crippen molar-refractivity contribution in [2.24, 2.45) is 5.41 Å². The van der Waals surface area contributed by atoms with Gasteiger partial charge in [0.05, 0.1) is 10.4 Å². The zero-order valence-electron chi connectivity index (χ0n) is 33.6. The minimum Gasteiger partial charge on any atom is -0.492 e. The summed E-state index contributed by atoms with van der Waals surface area (Å²) in [4.78, 5) is 55.4. The van der Waals surface area contributed by atoms with E-state index in [2.05, 4.69) is 51.2 Å². The minimum absolute atomic E-state index is 0.135.